The highest BCUT2D eigenvalue weighted by Gasteiger charge is 2.19. The van der Waals surface area contributed by atoms with Gasteiger partial charge in [-0.2, -0.15) is 4.98 Å². The Hall–Kier alpha value is -2.28. The van der Waals surface area contributed by atoms with Crippen LogP contribution in [0.3, 0.4) is 0 Å². The summed E-state index contributed by atoms with van der Waals surface area (Å²) in [7, 11) is 0. The largest absolute Gasteiger partial charge is 0.465 e. The van der Waals surface area contributed by atoms with E-state index in [0.717, 1.165) is 57.1 Å². The van der Waals surface area contributed by atoms with Crippen LogP contribution in [0, 0.1) is 0 Å². The summed E-state index contributed by atoms with van der Waals surface area (Å²) in [6.07, 6.45) is 2.08. The molecule has 0 bridgehead atoms. The lowest BCUT2D eigenvalue weighted by atomic mass is 10.2. The molecule has 3 N–H and O–H groups in total. The average molecular weight is 317 g/mol. The molecule has 2 aromatic heterocycles. The van der Waals surface area contributed by atoms with Crippen LogP contribution >= 0.6 is 0 Å². The molecule has 0 aromatic carbocycles. The molecule has 0 unspecified atom stereocenters. The van der Waals surface area contributed by atoms with Gasteiger partial charge in [0.05, 0.1) is 6.54 Å². The topological polar surface area (TPSA) is 91.4 Å². The molecule has 1 fully saturated rings. The number of furan rings is 1. The fourth-order valence-corrected chi connectivity index (χ4v) is 2.87. The molecule has 23 heavy (non-hydrogen) atoms. The molecule has 1 aliphatic heterocycles. The molecule has 2 aromatic rings. The second-order valence-electron chi connectivity index (χ2n) is 5.87. The third-order valence-corrected chi connectivity index (χ3v) is 4.04. The summed E-state index contributed by atoms with van der Waals surface area (Å²) in [5.41, 5.74) is 5.39. The van der Waals surface area contributed by atoms with Crippen molar-refractivity contribution in [3.05, 3.63) is 40.1 Å². The van der Waals surface area contributed by atoms with Crippen LogP contribution in [0.5, 0.6) is 0 Å². The third kappa shape index (κ3) is 3.92. The fourth-order valence-electron chi connectivity index (χ4n) is 2.87. The zero-order valence-corrected chi connectivity index (χ0v) is 13.4. The van der Waals surface area contributed by atoms with Gasteiger partial charge in [0, 0.05) is 38.7 Å². The lowest BCUT2D eigenvalue weighted by molar-refractivity contribution is 0.228. The van der Waals surface area contributed by atoms with Crippen LogP contribution in [0.1, 0.15) is 24.9 Å². The average Bonchev–Trinajstić information content (AvgIpc) is 2.95. The van der Waals surface area contributed by atoms with Crippen molar-refractivity contribution in [1.82, 2.24) is 14.9 Å². The Morgan fingerprint density at radius 3 is 2.70 bits per heavy atom. The Morgan fingerprint density at radius 2 is 2.00 bits per heavy atom. The molecule has 7 heteroatoms. The molecule has 0 saturated carbocycles. The van der Waals surface area contributed by atoms with Crippen LogP contribution in [0.25, 0.3) is 0 Å². The maximum atomic E-state index is 11.5. The second kappa shape index (κ2) is 6.87. The number of aryl methyl sites for hydroxylation is 1. The van der Waals surface area contributed by atoms with Crippen LogP contribution in [-0.2, 0) is 13.0 Å². The Morgan fingerprint density at radius 1 is 1.26 bits per heavy atom. The minimum Gasteiger partial charge on any atom is -0.465 e. The SMILES string of the molecule is CCCc1ccc(CN2CCN(c3cc(=O)[nH]c(N)n3)CC2)o1. The van der Waals surface area contributed by atoms with Gasteiger partial charge in [-0.1, -0.05) is 6.92 Å². The molecule has 1 aliphatic rings. The van der Waals surface area contributed by atoms with E-state index < -0.39 is 0 Å². The van der Waals surface area contributed by atoms with Gasteiger partial charge < -0.3 is 15.1 Å². The highest BCUT2D eigenvalue weighted by molar-refractivity contribution is 5.41. The number of rotatable bonds is 5. The summed E-state index contributed by atoms with van der Waals surface area (Å²) in [5.74, 6) is 2.88. The van der Waals surface area contributed by atoms with Crippen molar-refractivity contribution in [3.8, 4) is 0 Å². The molecule has 3 heterocycles. The van der Waals surface area contributed by atoms with Crippen molar-refractivity contribution in [2.45, 2.75) is 26.3 Å². The van der Waals surface area contributed by atoms with Crippen molar-refractivity contribution < 1.29 is 4.42 Å². The van der Waals surface area contributed by atoms with Crippen LogP contribution in [-0.4, -0.2) is 41.0 Å². The number of nitrogens with one attached hydrogen (secondary N) is 1. The summed E-state index contributed by atoms with van der Waals surface area (Å²) in [5, 5.41) is 0. The van der Waals surface area contributed by atoms with E-state index in [1.807, 2.05) is 0 Å². The normalized spacial score (nSPS) is 16.0. The number of nitrogen functional groups attached to an aromatic ring is 1. The van der Waals surface area contributed by atoms with Gasteiger partial charge in [-0.15, -0.1) is 0 Å². The highest BCUT2D eigenvalue weighted by atomic mass is 16.3. The number of anilines is 2. The number of aromatic amines is 1. The lowest BCUT2D eigenvalue weighted by Crippen LogP contribution is -2.46. The highest BCUT2D eigenvalue weighted by Crippen LogP contribution is 2.16. The molecule has 7 nitrogen and oxygen atoms in total. The summed E-state index contributed by atoms with van der Waals surface area (Å²) in [6.45, 7) is 6.41. The predicted molar refractivity (Wildman–Crippen MR) is 89.5 cm³/mol. The molecule has 0 spiro atoms. The molecular weight excluding hydrogens is 294 g/mol. The molecule has 1 saturated heterocycles. The molecule has 0 amide bonds. The van der Waals surface area contributed by atoms with Gasteiger partial charge in [0.15, 0.2) is 0 Å². The van der Waals surface area contributed by atoms with Gasteiger partial charge in [-0.05, 0) is 18.6 Å². The van der Waals surface area contributed by atoms with Gasteiger partial charge >= 0.3 is 0 Å². The van der Waals surface area contributed by atoms with E-state index in [1.54, 1.807) is 0 Å². The standard InChI is InChI=1S/C16H23N5O2/c1-2-3-12-4-5-13(23-12)11-20-6-8-21(9-7-20)14-10-15(22)19-16(17)18-14/h4-5,10H,2-3,6-9,11H2,1H3,(H3,17,18,19,22). The minimum absolute atomic E-state index is 0.161. The minimum atomic E-state index is -0.214. The monoisotopic (exact) mass is 317 g/mol. The Kier molecular flexibility index (Phi) is 4.66. The number of aromatic nitrogens is 2. The van der Waals surface area contributed by atoms with E-state index in [0.29, 0.717) is 5.82 Å². The maximum Gasteiger partial charge on any atom is 0.254 e. The number of hydrogen-bond acceptors (Lipinski definition) is 6. The van der Waals surface area contributed by atoms with Gasteiger partial charge in [-0.3, -0.25) is 14.7 Å². The van der Waals surface area contributed by atoms with Gasteiger partial charge in [0.2, 0.25) is 5.95 Å². The van der Waals surface area contributed by atoms with Crippen molar-refractivity contribution in [1.29, 1.82) is 0 Å². The molecule has 124 valence electrons. The van der Waals surface area contributed by atoms with Gasteiger partial charge in [0.25, 0.3) is 5.56 Å². The molecule has 0 radical (unpaired) electrons. The Bertz CT molecular complexity index is 700. The van der Waals surface area contributed by atoms with Crippen molar-refractivity contribution in [2.24, 2.45) is 0 Å². The second-order valence-corrected chi connectivity index (χ2v) is 5.87. The molecule has 0 aliphatic carbocycles. The number of hydrogen-bond donors (Lipinski definition) is 2. The Balaban J connectivity index is 1.56. The summed E-state index contributed by atoms with van der Waals surface area (Å²) in [6, 6.07) is 5.63. The van der Waals surface area contributed by atoms with Crippen LogP contribution in [0.15, 0.2) is 27.4 Å². The van der Waals surface area contributed by atoms with Crippen LogP contribution in [0.4, 0.5) is 11.8 Å². The van der Waals surface area contributed by atoms with E-state index >= 15 is 0 Å². The summed E-state index contributed by atoms with van der Waals surface area (Å²) >= 11 is 0. The smallest absolute Gasteiger partial charge is 0.254 e. The third-order valence-electron chi connectivity index (χ3n) is 4.04. The van der Waals surface area contributed by atoms with E-state index in [4.69, 9.17) is 10.2 Å². The first-order valence-corrected chi connectivity index (χ1v) is 8.06. The van der Waals surface area contributed by atoms with E-state index in [9.17, 15) is 4.79 Å². The number of nitrogens with two attached hydrogens (primary N) is 1. The van der Waals surface area contributed by atoms with Crippen molar-refractivity contribution in [2.75, 3.05) is 36.8 Å². The predicted octanol–water partition coefficient (Wildman–Crippen LogP) is 1.22. The van der Waals surface area contributed by atoms with Crippen LogP contribution < -0.4 is 16.2 Å². The quantitative estimate of drug-likeness (QED) is 0.861. The summed E-state index contributed by atoms with van der Waals surface area (Å²) < 4.78 is 5.84. The van der Waals surface area contributed by atoms with Crippen molar-refractivity contribution in [3.63, 3.8) is 0 Å². The van der Waals surface area contributed by atoms with E-state index in [2.05, 4.69) is 38.8 Å². The van der Waals surface area contributed by atoms with Crippen LogP contribution in [0.2, 0.25) is 0 Å². The van der Waals surface area contributed by atoms with Gasteiger partial charge in [-0.25, -0.2) is 0 Å². The van der Waals surface area contributed by atoms with Gasteiger partial charge in [0.1, 0.15) is 17.3 Å². The molecule has 0 atom stereocenters. The Labute approximate surface area is 135 Å². The number of nitrogens with zero attached hydrogens (tertiary/aromatic N) is 3. The molecule has 3 rings (SSSR count). The van der Waals surface area contributed by atoms with Crippen molar-refractivity contribution >= 4 is 11.8 Å². The number of H-pyrrole nitrogens is 1. The van der Waals surface area contributed by atoms with E-state index in [-0.39, 0.29) is 11.5 Å². The zero-order valence-electron chi connectivity index (χ0n) is 13.4. The lowest BCUT2D eigenvalue weighted by Gasteiger charge is -2.34. The van der Waals surface area contributed by atoms with E-state index in [1.165, 1.54) is 6.07 Å². The first kappa shape index (κ1) is 15.6. The first-order valence-electron chi connectivity index (χ1n) is 8.06. The fraction of sp³-hybridized carbons (Fsp3) is 0.500. The number of piperazine rings is 1. The maximum absolute atomic E-state index is 11.5. The molecular formula is C16H23N5O2. The summed E-state index contributed by atoms with van der Waals surface area (Å²) in [4.78, 5) is 22.6. The first-order chi connectivity index (χ1) is 11.1. The zero-order chi connectivity index (χ0) is 16.2.